The van der Waals surface area contributed by atoms with E-state index in [0.717, 1.165) is 4.47 Å². The molecule has 20 aromatic rings. The van der Waals surface area contributed by atoms with Crippen LogP contribution in [0.3, 0.4) is 0 Å². The molecule has 14 aromatic carbocycles. The van der Waals surface area contributed by atoms with Gasteiger partial charge >= 0.3 is 0 Å². The lowest BCUT2D eigenvalue weighted by Gasteiger charge is -2.13. The Morgan fingerprint density at radius 1 is 0.236 bits per heavy atom. The minimum atomic E-state index is 1.10. The highest BCUT2D eigenvalue weighted by Gasteiger charge is 2.24. The van der Waals surface area contributed by atoms with Crippen molar-refractivity contribution >= 4 is 136 Å². The highest BCUT2D eigenvalue weighted by molar-refractivity contribution is 9.10. The van der Waals surface area contributed by atoms with Crippen molar-refractivity contribution < 1.29 is 0 Å². The average molecular weight is 1200 g/mol. The summed E-state index contributed by atoms with van der Waals surface area (Å²) < 4.78 is 8.53. The van der Waals surface area contributed by atoms with Crippen molar-refractivity contribution in [2.45, 2.75) is 0 Å². The molecule has 0 atom stereocenters. The molecule has 0 saturated carbocycles. The van der Waals surface area contributed by atoms with Gasteiger partial charge < -0.3 is 18.4 Å². The Balaban J connectivity index is 0.000000111. The summed E-state index contributed by atoms with van der Waals surface area (Å²) in [6.45, 7) is 0. The summed E-state index contributed by atoms with van der Waals surface area (Å²) in [5.41, 5.74) is 23.6. The number of hydrogen-bond acceptors (Lipinski definition) is 0. The summed E-state index contributed by atoms with van der Waals surface area (Å²) in [4.78, 5) is 3.63. The summed E-state index contributed by atoms with van der Waals surface area (Å²) in [5.74, 6) is 0. The van der Waals surface area contributed by atoms with Crippen molar-refractivity contribution in [2.24, 2.45) is 0 Å². The van der Waals surface area contributed by atoms with Gasteiger partial charge in [-0.3, -0.25) is 0 Å². The molecule has 4 nitrogen and oxygen atoms in total. The van der Waals surface area contributed by atoms with Crippen molar-refractivity contribution in [1.29, 1.82) is 0 Å². The van der Waals surface area contributed by atoms with Crippen molar-refractivity contribution in [2.75, 3.05) is 0 Å². The topological polar surface area (TPSA) is 29.5 Å². The molecule has 0 fully saturated rings. The average Bonchev–Trinajstić information content (AvgIpc) is 1.56. The van der Waals surface area contributed by atoms with Crippen LogP contribution in [0.25, 0.3) is 170 Å². The van der Waals surface area contributed by atoms with Gasteiger partial charge in [-0.1, -0.05) is 259 Å². The number of halogens is 1. The van der Waals surface area contributed by atoms with Crippen LogP contribution in [0.15, 0.2) is 320 Å². The zero-order valence-corrected chi connectivity index (χ0v) is 49.8. The number of rotatable bonds is 5. The zero-order valence-electron chi connectivity index (χ0n) is 48.2. The number of aromatic amines is 1. The third-order valence-corrected chi connectivity index (χ3v) is 18.9. The molecule has 20 rings (SSSR count). The normalized spacial score (nSPS) is 11.9. The minimum absolute atomic E-state index is 1.10. The van der Waals surface area contributed by atoms with Crippen LogP contribution in [-0.2, 0) is 0 Å². The lowest BCUT2D eigenvalue weighted by atomic mass is 9.94. The Bertz CT molecular complexity index is 6110. The molecule has 0 saturated heterocycles. The van der Waals surface area contributed by atoms with E-state index >= 15 is 0 Å². The summed E-state index contributed by atoms with van der Waals surface area (Å²) in [7, 11) is 0. The first kappa shape index (κ1) is 51.0. The van der Waals surface area contributed by atoms with Crippen LogP contribution in [0.1, 0.15) is 0 Å². The first-order valence-corrected chi connectivity index (χ1v) is 31.2. The molecular formula is C84H53BrN4. The molecule has 416 valence electrons. The first-order chi connectivity index (χ1) is 44.1. The molecule has 0 aliphatic heterocycles. The summed E-state index contributed by atoms with van der Waals surface area (Å²) in [6, 6.07) is 114. The quantitative estimate of drug-likeness (QED) is 0.178. The fraction of sp³-hybridized carbons (Fsp3) is 0. The van der Waals surface area contributed by atoms with E-state index in [2.05, 4.69) is 344 Å². The second-order valence-electron chi connectivity index (χ2n) is 23.3. The van der Waals surface area contributed by atoms with E-state index in [-0.39, 0.29) is 0 Å². The molecule has 0 amide bonds. The van der Waals surface area contributed by atoms with E-state index in [1.807, 2.05) is 6.07 Å². The number of hydrogen-bond donors (Lipinski definition) is 1. The maximum atomic E-state index is 3.63. The number of benzene rings is 14. The predicted molar refractivity (Wildman–Crippen MR) is 382 cm³/mol. The lowest BCUT2D eigenvalue weighted by molar-refractivity contribution is 1.18. The van der Waals surface area contributed by atoms with Crippen LogP contribution < -0.4 is 0 Å². The third-order valence-electron chi connectivity index (χ3n) is 18.5. The Kier molecular flexibility index (Phi) is 11.7. The number of para-hydroxylation sites is 4. The molecule has 89 heavy (non-hydrogen) atoms. The van der Waals surface area contributed by atoms with Crippen LogP contribution >= 0.6 is 15.9 Å². The lowest BCUT2D eigenvalue weighted by Crippen LogP contribution is -1.95. The molecule has 0 bridgehead atoms. The number of H-pyrrole nitrogens is 1. The maximum Gasteiger partial charge on any atom is 0.0641 e. The van der Waals surface area contributed by atoms with E-state index in [9.17, 15) is 0 Å². The van der Waals surface area contributed by atoms with Crippen LogP contribution in [0.2, 0.25) is 0 Å². The molecule has 6 aromatic heterocycles. The van der Waals surface area contributed by atoms with Crippen molar-refractivity contribution in [1.82, 2.24) is 18.4 Å². The van der Waals surface area contributed by atoms with Gasteiger partial charge in [-0.25, -0.2) is 0 Å². The van der Waals surface area contributed by atoms with E-state index in [0.29, 0.717) is 0 Å². The van der Waals surface area contributed by atoms with E-state index in [1.165, 1.54) is 170 Å². The van der Waals surface area contributed by atoms with E-state index < -0.39 is 0 Å². The van der Waals surface area contributed by atoms with Crippen LogP contribution in [0.4, 0.5) is 0 Å². The summed E-state index contributed by atoms with van der Waals surface area (Å²) >= 11 is 3.54. The van der Waals surface area contributed by atoms with Gasteiger partial charge in [0.25, 0.3) is 0 Å². The molecule has 0 radical (unpaired) electrons. The summed E-state index contributed by atoms with van der Waals surface area (Å²) in [5, 5.41) is 15.7. The maximum absolute atomic E-state index is 3.63. The third kappa shape index (κ3) is 7.92. The van der Waals surface area contributed by atoms with Gasteiger partial charge in [0.1, 0.15) is 0 Å². The highest BCUT2D eigenvalue weighted by atomic mass is 79.9. The summed E-state index contributed by atoms with van der Waals surface area (Å²) in [6.07, 6.45) is 0. The van der Waals surface area contributed by atoms with Crippen LogP contribution in [-0.4, -0.2) is 18.4 Å². The Hall–Kier alpha value is -11.2. The molecule has 5 heteroatoms. The molecule has 0 spiro atoms. The minimum Gasteiger partial charge on any atom is -0.354 e. The van der Waals surface area contributed by atoms with Gasteiger partial charge in [0.15, 0.2) is 0 Å². The van der Waals surface area contributed by atoms with Crippen LogP contribution in [0, 0.1) is 0 Å². The van der Waals surface area contributed by atoms with Gasteiger partial charge in [-0.2, -0.15) is 0 Å². The van der Waals surface area contributed by atoms with Crippen molar-refractivity contribution in [3.05, 3.63) is 320 Å². The SMILES string of the molecule is Brc1cccc(-c2ccccc2-c2ccccc2)c1.c1cc2[nH]c3ccc4c5ccccc5n5c6ccccc6c(c1)c2c3c45.c1ccc(-c2ccccc2-c2cccc(-n3c4cccc5c6ccccc6n6c7ccccc7c7ccc3c(c54)c76)c2)cc1. The fourth-order valence-electron chi connectivity index (χ4n) is 14.8. The number of nitrogens with one attached hydrogen (secondary N) is 1. The number of fused-ring (bicyclic) bond motifs is 12. The largest absolute Gasteiger partial charge is 0.354 e. The predicted octanol–water partition coefficient (Wildman–Crippen LogP) is 23.5. The Labute approximate surface area is 520 Å². The van der Waals surface area contributed by atoms with Gasteiger partial charge in [-0.15, -0.1) is 0 Å². The van der Waals surface area contributed by atoms with Gasteiger partial charge in [-0.05, 0) is 128 Å². The fourth-order valence-corrected chi connectivity index (χ4v) is 15.2. The van der Waals surface area contributed by atoms with E-state index in [1.54, 1.807) is 0 Å². The van der Waals surface area contributed by atoms with Gasteiger partial charge in [0, 0.05) is 75.1 Å². The van der Waals surface area contributed by atoms with Gasteiger partial charge in [0.2, 0.25) is 0 Å². The molecule has 1 N–H and O–H groups in total. The number of nitrogens with zero attached hydrogens (tertiary/aromatic N) is 3. The Morgan fingerprint density at radius 2 is 0.618 bits per heavy atom. The molecule has 6 heterocycles. The van der Waals surface area contributed by atoms with Crippen LogP contribution in [0.5, 0.6) is 0 Å². The van der Waals surface area contributed by atoms with Gasteiger partial charge in [0.05, 0.1) is 44.1 Å². The second kappa shape index (κ2) is 20.5. The zero-order chi connectivity index (χ0) is 58.7. The molecular weight excluding hydrogens is 1140 g/mol. The smallest absolute Gasteiger partial charge is 0.0641 e. The molecule has 0 unspecified atom stereocenters. The molecule has 0 aliphatic rings. The molecule has 0 aliphatic carbocycles. The van der Waals surface area contributed by atoms with Crippen molar-refractivity contribution in [3.63, 3.8) is 0 Å². The van der Waals surface area contributed by atoms with Crippen molar-refractivity contribution in [3.8, 4) is 50.2 Å². The highest BCUT2D eigenvalue weighted by Crippen LogP contribution is 2.47. The Morgan fingerprint density at radius 3 is 1.18 bits per heavy atom. The standard InChI is InChI=1S/C42H26N2.C24H14N2.C18H13Br/c1-2-12-27(13-3-1)30-16-4-5-17-31(30)28-14-10-15-29(26-28)43-38-23-11-20-34-32-18-6-8-21-36(32)44-37-22-9-7-19-33(37)35-24-25-39(43)41(40(34)38)42(35)44;1-3-10-20-14(6-1)16-8-5-9-18-22(16)23-19(25-18)13-12-17-15-7-2-4-11-21(15)26(20)24(17)23;19-16-10-6-9-15(13-16)18-12-5-4-11-17(18)14-7-2-1-3-8-14/h1-26H;1-13,25H;1-13H. The van der Waals surface area contributed by atoms with E-state index in [4.69, 9.17) is 0 Å². The second-order valence-corrected chi connectivity index (χ2v) is 24.2. The monoisotopic (exact) mass is 1200 g/mol. The number of aromatic nitrogens is 4. The first-order valence-electron chi connectivity index (χ1n) is 30.4.